The zero-order valence-corrected chi connectivity index (χ0v) is 20.3. The molecule has 0 aliphatic carbocycles. The van der Waals surface area contributed by atoms with E-state index in [0.29, 0.717) is 21.7 Å². The fraction of sp³-hybridized carbons (Fsp3) is 0.125. The number of ether oxygens (including phenoxy) is 2. The Morgan fingerprint density at radius 1 is 1.03 bits per heavy atom. The number of methoxy groups -OCH3 is 2. The first kappa shape index (κ1) is 23.7. The van der Waals surface area contributed by atoms with Gasteiger partial charge in [-0.25, -0.2) is 19.3 Å². The van der Waals surface area contributed by atoms with Crippen molar-refractivity contribution < 1.29 is 19.1 Å². The average molecular weight is 535 g/mol. The maximum Gasteiger partial charge on any atom is 0.355 e. The van der Waals surface area contributed by atoms with Gasteiger partial charge >= 0.3 is 11.9 Å². The third-order valence-corrected chi connectivity index (χ3v) is 5.81. The van der Waals surface area contributed by atoms with Crippen molar-refractivity contribution >= 4 is 33.6 Å². The van der Waals surface area contributed by atoms with Crippen molar-refractivity contribution in [3.05, 3.63) is 93.9 Å². The minimum absolute atomic E-state index is 0.00865. The second-order valence-corrected chi connectivity index (χ2v) is 8.02. The molecule has 1 aliphatic rings. The number of hydrogen-bond donors (Lipinski definition) is 1. The van der Waals surface area contributed by atoms with Crippen LogP contribution in [0.25, 0.3) is 5.69 Å². The normalized spacial score (nSPS) is 15.6. The van der Waals surface area contributed by atoms with Crippen molar-refractivity contribution in [2.75, 3.05) is 19.1 Å². The van der Waals surface area contributed by atoms with Gasteiger partial charge in [0, 0.05) is 5.69 Å². The van der Waals surface area contributed by atoms with E-state index in [0.717, 1.165) is 0 Å². The van der Waals surface area contributed by atoms with Gasteiger partial charge in [0.2, 0.25) is 4.73 Å². The molecule has 1 atom stereocenters. The highest BCUT2D eigenvalue weighted by atomic mass is 79.9. The second kappa shape index (κ2) is 9.82. The summed E-state index contributed by atoms with van der Waals surface area (Å²) < 4.78 is 12.0. The number of esters is 2. The lowest BCUT2D eigenvalue weighted by atomic mass is 9.81. The number of benzene rings is 2. The SMILES string of the molecule is COC(=O)C1=C(C(=O)OC)N(c2ccc(-n3cnc(Br)n3)cc2)C(N)=C(C#N)C1c1ccccc1. The number of nitriles is 1. The van der Waals surface area contributed by atoms with Gasteiger partial charge in [-0.1, -0.05) is 30.3 Å². The molecule has 2 heterocycles. The minimum Gasteiger partial charge on any atom is -0.466 e. The third kappa shape index (κ3) is 4.27. The van der Waals surface area contributed by atoms with E-state index in [9.17, 15) is 14.9 Å². The predicted molar refractivity (Wildman–Crippen MR) is 129 cm³/mol. The smallest absolute Gasteiger partial charge is 0.355 e. The molecule has 35 heavy (non-hydrogen) atoms. The van der Waals surface area contributed by atoms with Crippen LogP contribution in [0, 0.1) is 11.3 Å². The van der Waals surface area contributed by atoms with Crippen LogP contribution in [0.1, 0.15) is 11.5 Å². The highest BCUT2D eigenvalue weighted by molar-refractivity contribution is 9.10. The Morgan fingerprint density at radius 3 is 2.20 bits per heavy atom. The number of carbonyl (C=O) groups is 2. The maximum atomic E-state index is 13.1. The summed E-state index contributed by atoms with van der Waals surface area (Å²) in [5.74, 6) is -2.53. The molecule has 0 amide bonds. The van der Waals surface area contributed by atoms with E-state index in [1.807, 2.05) is 0 Å². The van der Waals surface area contributed by atoms with Crippen LogP contribution >= 0.6 is 15.9 Å². The highest BCUT2D eigenvalue weighted by Crippen LogP contribution is 2.43. The lowest BCUT2D eigenvalue weighted by Crippen LogP contribution is -2.40. The van der Waals surface area contributed by atoms with Gasteiger partial charge in [-0.05, 0) is 45.8 Å². The first-order valence-electron chi connectivity index (χ1n) is 10.2. The van der Waals surface area contributed by atoms with Crippen molar-refractivity contribution in [3.63, 3.8) is 0 Å². The summed E-state index contributed by atoms with van der Waals surface area (Å²) in [5, 5.41) is 14.3. The van der Waals surface area contributed by atoms with E-state index < -0.39 is 17.9 Å². The van der Waals surface area contributed by atoms with Crippen molar-refractivity contribution in [2.45, 2.75) is 5.92 Å². The molecule has 0 saturated heterocycles. The van der Waals surface area contributed by atoms with E-state index >= 15 is 0 Å². The zero-order valence-electron chi connectivity index (χ0n) is 18.7. The zero-order chi connectivity index (χ0) is 25.1. The Bertz CT molecular complexity index is 1390. The largest absolute Gasteiger partial charge is 0.466 e. The Hall–Kier alpha value is -4.43. The molecule has 1 aliphatic heterocycles. The molecule has 176 valence electrons. The van der Waals surface area contributed by atoms with E-state index in [4.69, 9.17) is 15.2 Å². The lowest BCUT2D eigenvalue weighted by molar-refractivity contribution is -0.139. The molecule has 2 aromatic carbocycles. The van der Waals surface area contributed by atoms with E-state index in [1.165, 1.54) is 25.4 Å². The molecular weight excluding hydrogens is 516 g/mol. The molecule has 0 bridgehead atoms. The van der Waals surface area contributed by atoms with Crippen LogP contribution in [-0.2, 0) is 19.1 Å². The Kier molecular flexibility index (Phi) is 6.66. The number of anilines is 1. The molecule has 0 saturated carbocycles. The summed E-state index contributed by atoms with van der Waals surface area (Å²) >= 11 is 3.21. The van der Waals surface area contributed by atoms with Crippen molar-refractivity contribution in [3.8, 4) is 11.8 Å². The van der Waals surface area contributed by atoms with E-state index in [2.05, 4.69) is 32.1 Å². The monoisotopic (exact) mass is 534 g/mol. The van der Waals surface area contributed by atoms with Gasteiger partial charge in [-0.2, -0.15) is 5.26 Å². The molecule has 0 radical (unpaired) electrons. The predicted octanol–water partition coefficient (Wildman–Crippen LogP) is 2.93. The Labute approximate surface area is 209 Å². The fourth-order valence-corrected chi connectivity index (χ4v) is 4.17. The van der Waals surface area contributed by atoms with Crippen LogP contribution < -0.4 is 10.6 Å². The average Bonchev–Trinajstić information content (AvgIpc) is 3.33. The third-order valence-electron chi connectivity index (χ3n) is 5.45. The fourth-order valence-electron chi connectivity index (χ4n) is 3.90. The van der Waals surface area contributed by atoms with Gasteiger partial charge in [0.15, 0.2) is 0 Å². The molecule has 0 spiro atoms. The summed E-state index contributed by atoms with van der Waals surface area (Å²) in [6.45, 7) is 0. The number of hydrogen-bond acceptors (Lipinski definition) is 9. The number of allylic oxidation sites excluding steroid dienone is 1. The molecule has 2 N–H and O–H groups in total. The molecule has 4 rings (SSSR count). The van der Waals surface area contributed by atoms with Crippen LogP contribution in [0.15, 0.2) is 88.3 Å². The topological polar surface area (TPSA) is 136 Å². The number of rotatable bonds is 5. The number of nitrogens with zero attached hydrogens (tertiary/aromatic N) is 5. The molecule has 11 heteroatoms. The van der Waals surface area contributed by atoms with Crippen molar-refractivity contribution in [1.82, 2.24) is 14.8 Å². The number of halogens is 1. The van der Waals surface area contributed by atoms with Crippen LogP contribution in [0.5, 0.6) is 0 Å². The first-order chi connectivity index (χ1) is 16.9. The lowest BCUT2D eigenvalue weighted by Gasteiger charge is -2.35. The van der Waals surface area contributed by atoms with Crippen molar-refractivity contribution in [1.29, 1.82) is 5.26 Å². The van der Waals surface area contributed by atoms with Crippen molar-refractivity contribution in [2.24, 2.45) is 5.73 Å². The number of nitrogens with two attached hydrogens (primary N) is 1. The summed E-state index contributed by atoms with van der Waals surface area (Å²) in [4.78, 5) is 31.5. The van der Waals surface area contributed by atoms with E-state index in [1.54, 1.807) is 59.3 Å². The standard InChI is InChI=1S/C24H19BrN6O4/c1-34-22(32)19-18(14-6-4-3-5-7-14)17(12-26)21(27)31(20(19)23(33)35-2)16-10-8-15(9-11-16)30-13-28-24(25)29-30/h3-11,13,18H,27H2,1-2H3. The van der Waals surface area contributed by atoms with Crippen LogP contribution in [0.3, 0.4) is 0 Å². The van der Waals surface area contributed by atoms with Gasteiger partial charge < -0.3 is 15.2 Å². The van der Waals surface area contributed by atoms with Gasteiger partial charge in [0.25, 0.3) is 0 Å². The first-order valence-corrected chi connectivity index (χ1v) is 11.0. The Balaban J connectivity index is 1.95. The minimum atomic E-state index is -0.925. The Morgan fingerprint density at radius 2 is 1.66 bits per heavy atom. The molecule has 1 aromatic heterocycles. The molecular formula is C24H19BrN6O4. The molecule has 3 aromatic rings. The van der Waals surface area contributed by atoms with Gasteiger partial charge in [-0.3, -0.25) is 4.90 Å². The van der Waals surface area contributed by atoms with Crippen LogP contribution in [0.4, 0.5) is 5.69 Å². The summed E-state index contributed by atoms with van der Waals surface area (Å²) in [7, 11) is 2.40. The van der Waals surface area contributed by atoms with Gasteiger partial charge in [0.1, 0.15) is 17.8 Å². The summed E-state index contributed by atoms with van der Waals surface area (Å²) in [6.07, 6.45) is 1.53. The number of carbonyl (C=O) groups excluding carboxylic acids is 2. The highest BCUT2D eigenvalue weighted by Gasteiger charge is 2.42. The maximum absolute atomic E-state index is 13.1. The molecule has 10 nitrogen and oxygen atoms in total. The van der Waals surface area contributed by atoms with Crippen LogP contribution in [0.2, 0.25) is 0 Å². The molecule has 1 unspecified atom stereocenters. The van der Waals surface area contributed by atoms with Gasteiger partial charge in [-0.15, -0.1) is 5.10 Å². The number of aromatic nitrogens is 3. The summed E-state index contributed by atoms with van der Waals surface area (Å²) in [6, 6.07) is 17.7. The summed E-state index contributed by atoms with van der Waals surface area (Å²) in [5.41, 5.74) is 8.09. The molecule has 0 fully saturated rings. The van der Waals surface area contributed by atoms with E-state index in [-0.39, 0.29) is 22.7 Å². The van der Waals surface area contributed by atoms with Gasteiger partial charge in [0.05, 0.1) is 43.0 Å². The quantitative estimate of drug-likeness (QED) is 0.489. The van der Waals surface area contributed by atoms with Crippen LogP contribution in [-0.4, -0.2) is 40.9 Å². The second-order valence-electron chi connectivity index (χ2n) is 7.31.